The van der Waals surface area contributed by atoms with Crippen LogP contribution in [0.15, 0.2) is 36.4 Å². The second kappa shape index (κ2) is 13.2. The van der Waals surface area contributed by atoms with Crippen molar-refractivity contribution in [3.05, 3.63) is 58.5 Å². The molecule has 0 amide bonds. The number of benzene rings is 1. The largest absolute Gasteiger partial charge is 0.379 e. The smallest absolute Gasteiger partial charge is 0.233 e. The van der Waals surface area contributed by atoms with Crippen molar-refractivity contribution in [2.75, 3.05) is 50.0 Å². The third-order valence-corrected chi connectivity index (χ3v) is 6.09. The minimum atomic E-state index is 0.415. The molecule has 0 bridgehead atoms. The van der Waals surface area contributed by atoms with Gasteiger partial charge in [-0.3, -0.25) is 10.00 Å². The minimum absolute atomic E-state index is 0.415. The van der Waals surface area contributed by atoms with Crippen molar-refractivity contribution in [1.29, 1.82) is 0 Å². The number of nitrogens with zero attached hydrogens (tertiary/aromatic N) is 5. The molecule has 0 radical (unpaired) electrons. The van der Waals surface area contributed by atoms with Gasteiger partial charge in [0.25, 0.3) is 0 Å². The minimum Gasteiger partial charge on any atom is -0.379 e. The van der Waals surface area contributed by atoms with Crippen molar-refractivity contribution >= 4 is 47.5 Å². The van der Waals surface area contributed by atoms with E-state index in [4.69, 9.17) is 16.3 Å². The first-order valence-electron chi connectivity index (χ1n) is 12.3. The number of aromatic nitrogens is 5. The molecular formula is C26H33ClN8O. The molecule has 1 fully saturated rings. The van der Waals surface area contributed by atoms with Crippen LogP contribution in [0.1, 0.15) is 37.4 Å². The molecule has 1 atom stereocenters. The summed E-state index contributed by atoms with van der Waals surface area (Å²) in [6, 6.07) is 9.52. The van der Waals surface area contributed by atoms with E-state index in [2.05, 4.69) is 47.6 Å². The standard InChI is InChI=1S/C26H33ClN8O/c1-3-6-22-16-24(34-33-22)31-26-30-23(10-9-20-7-5-8-21(27)15-20)29-25(32-26)28-17-19(4-2)18-35-11-13-36-14-12-35/h3,5-10,15-16,19H,4,11-14,17-18H2,1-2H3,(H3,28,29,30,31,32,33,34)/b6-3+,10-9+. The third-order valence-electron chi connectivity index (χ3n) is 5.86. The molecule has 2 aromatic heterocycles. The summed E-state index contributed by atoms with van der Waals surface area (Å²) in [6.45, 7) is 9.52. The Morgan fingerprint density at radius 3 is 2.72 bits per heavy atom. The first-order chi connectivity index (χ1) is 17.6. The Morgan fingerprint density at radius 1 is 1.11 bits per heavy atom. The van der Waals surface area contributed by atoms with Gasteiger partial charge in [0.1, 0.15) is 0 Å². The highest BCUT2D eigenvalue weighted by atomic mass is 35.5. The Labute approximate surface area is 217 Å². The van der Waals surface area contributed by atoms with Crippen molar-refractivity contribution < 1.29 is 4.74 Å². The van der Waals surface area contributed by atoms with Gasteiger partial charge in [-0.2, -0.15) is 20.1 Å². The monoisotopic (exact) mass is 508 g/mol. The summed E-state index contributed by atoms with van der Waals surface area (Å²) in [5.41, 5.74) is 1.86. The van der Waals surface area contributed by atoms with Gasteiger partial charge in [0.05, 0.1) is 18.9 Å². The number of nitrogens with one attached hydrogen (secondary N) is 3. The highest BCUT2D eigenvalue weighted by Crippen LogP contribution is 2.17. The lowest BCUT2D eigenvalue weighted by molar-refractivity contribution is 0.0312. The van der Waals surface area contributed by atoms with Gasteiger partial charge in [0, 0.05) is 37.3 Å². The van der Waals surface area contributed by atoms with E-state index >= 15 is 0 Å². The number of hydrogen-bond donors (Lipinski definition) is 3. The molecule has 0 saturated carbocycles. The second-order valence-corrected chi connectivity index (χ2v) is 9.07. The zero-order valence-corrected chi connectivity index (χ0v) is 21.5. The maximum Gasteiger partial charge on any atom is 0.233 e. The van der Waals surface area contributed by atoms with Crippen LogP contribution < -0.4 is 10.6 Å². The Hall–Kier alpha value is -3.27. The Balaban J connectivity index is 1.51. The average Bonchev–Trinajstić information content (AvgIpc) is 3.33. The fourth-order valence-corrected chi connectivity index (χ4v) is 4.08. The Kier molecular flexibility index (Phi) is 9.43. The molecule has 10 heteroatoms. The van der Waals surface area contributed by atoms with Gasteiger partial charge < -0.3 is 15.4 Å². The number of anilines is 3. The molecule has 1 aliphatic heterocycles. The quantitative estimate of drug-likeness (QED) is 0.333. The predicted octanol–water partition coefficient (Wildman–Crippen LogP) is 4.97. The first kappa shape index (κ1) is 25.8. The van der Waals surface area contributed by atoms with Crippen LogP contribution in [0.4, 0.5) is 17.7 Å². The van der Waals surface area contributed by atoms with Gasteiger partial charge >= 0.3 is 0 Å². The van der Waals surface area contributed by atoms with Crippen molar-refractivity contribution in [3.8, 4) is 0 Å². The molecule has 36 heavy (non-hydrogen) atoms. The van der Waals surface area contributed by atoms with E-state index in [0.29, 0.717) is 34.5 Å². The molecule has 9 nitrogen and oxygen atoms in total. The molecule has 4 rings (SSSR count). The molecular weight excluding hydrogens is 476 g/mol. The number of H-pyrrole nitrogens is 1. The van der Waals surface area contributed by atoms with Gasteiger partial charge in [-0.25, -0.2) is 0 Å². The Morgan fingerprint density at radius 2 is 1.94 bits per heavy atom. The number of allylic oxidation sites excluding steroid dienone is 1. The number of rotatable bonds is 11. The van der Waals surface area contributed by atoms with E-state index in [1.807, 2.05) is 61.6 Å². The lowest BCUT2D eigenvalue weighted by Gasteiger charge is -2.30. The molecule has 3 N–H and O–H groups in total. The summed E-state index contributed by atoms with van der Waals surface area (Å²) in [5, 5.41) is 14.5. The van der Waals surface area contributed by atoms with E-state index < -0.39 is 0 Å². The van der Waals surface area contributed by atoms with Gasteiger partial charge in [0.15, 0.2) is 11.6 Å². The van der Waals surface area contributed by atoms with Crippen molar-refractivity contribution in [1.82, 2.24) is 30.0 Å². The van der Waals surface area contributed by atoms with E-state index in [9.17, 15) is 0 Å². The van der Waals surface area contributed by atoms with E-state index in [-0.39, 0.29) is 0 Å². The third kappa shape index (κ3) is 7.87. The zero-order valence-electron chi connectivity index (χ0n) is 20.7. The summed E-state index contributed by atoms with van der Waals surface area (Å²) in [6.07, 6.45) is 8.73. The molecule has 1 saturated heterocycles. The number of hydrogen-bond acceptors (Lipinski definition) is 8. The van der Waals surface area contributed by atoms with Crippen LogP contribution in [0, 0.1) is 5.92 Å². The van der Waals surface area contributed by atoms with Crippen LogP contribution >= 0.6 is 11.6 Å². The average molecular weight is 509 g/mol. The van der Waals surface area contributed by atoms with Crippen LogP contribution in [0.25, 0.3) is 18.2 Å². The van der Waals surface area contributed by atoms with Crippen LogP contribution in [0.3, 0.4) is 0 Å². The van der Waals surface area contributed by atoms with Gasteiger partial charge in [0.2, 0.25) is 11.9 Å². The number of ether oxygens (including phenoxy) is 1. The maximum absolute atomic E-state index is 6.13. The molecule has 1 unspecified atom stereocenters. The van der Waals surface area contributed by atoms with Crippen LogP contribution in [-0.4, -0.2) is 69.4 Å². The SMILES string of the molecule is C/C=C/c1cc(Nc2nc(/C=C/c3cccc(Cl)c3)nc(NCC(CC)CN3CCOCC3)n2)n[nH]1. The lowest BCUT2D eigenvalue weighted by Crippen LogP contribution is -2.40. The van der Waals surface area contributed by atoms with Crippen LogP contribution in [0.2, 0.25) is 5.02 Å². The van der Waals surface area contributed by atoms with E-state index in [0.717, 1.165) is 57.1 Å². The fourth-order valence-electron chi connectivity index (χ4n) is 3.89. The summed E-state index contributed by atoms with van der Waals surface area (Å²) in [7, 11) is 0. The number of morpholine rings is 1. The molecule has 0 aliphatic carbocycles. The number of aromatic amines is 1. The van der Waals surface area contributed by atoms with E-state index in [1.165, 1.54) is 0 Å². The maximum atomic E-state index is 6.13. The summed E-state index contributed by atoms with van der Waals surface area (Å²) in [5.74, 6) is 2.56. The molecule has 0 spiro atoms. The van der Waals surface area contributed by atoms with Crippen molar-refractivity contribution in [2.45, 2.75) is 20.3 Å². The normalized spacial score (nSPS) is 15.5. The highest BCUT2D eigenvalue weighted by molar-refractivity contribution is 6.30. The second-order valence-electron chi connectivity index (χ2n) is 8.63. The molecule has 190 valence electrons. The van der Waals surface area contributed by atoms with Gasteiger partial charge in [-0.1, -0.05) is 49.2 Å². The fraction of sp³-hybridized carbons (Fsp3) is 0.385. The summed E-state index contributed by atoms with van der Waals surface area (Å²) >= 11 is 6.13. The molecule has 1 aromatic carbocycles. The topological polar surface area (TPSA) is 104 Å². The lowest BCUT2D eigenvalue weighted by atomic mass is 10.1. The van der Waals surface area contributed by atoms with Crippen molar-refractivity contribution in [2.24, 2.45) is 5.92 Å². The predicted molar refractivity (Wildman–Crippen MR) is 146 cm³/mol. The van der Waals surface area contributed by atoms with Crippen LogP contribution in [0.5, 0.6) is 0 Å². The molecule has 3 aromatic rings. The number of halogens is 1. The first-order valence-corrected chi connectivity index (χ1v) is 12.7. The zero-order chi connectivity index (χ0) is 25.2. The molecule has 1 aliphatic rings. The van der Waals surface area contributed by atoms with E-state index in [1.54, 1.807) is 0 Å². The van der Waals surface area contributed by atoms with Gasteiger partial charge in [-0.05, 0) is 42.7 Å². The highest BCUT2D eigenvalue weighted by Gasteiger charge is 2.16. The van der Waals surface area contributed by atoms with Crippen LogP contribution in [-0.2, 0) is 4.74 Å². The summed E-state index contributed by atoms with van der Waals surface area (Å²) < 4.78 is 5.48. The molecule has 3 heterocycles. The van der Waals surface area contributed by atoms with Gasteiger partial charge in [-0.15, -0.1) is 0 Å². The Bertz CT molecular complexity index is 1170. The van der Waals surface area contributed by atoms with Crippen molar-refractivity contribution in [3.63, 3.8) is 0 Å². The summed E-state index contributed by atoms with van der Waals surface area (Å²) in [4.78, 5) is 16.3.